The number of aryl methyl sites for hydroxylation is 1. The number of nitrogens with zero attached hydrogens (tertiary/aromatic N) is 2. The average molecular weight is 168 g/mol. The highest BCUT2D eigenvalue weighted by atomic mass is 16.5. The second-order valence-corrected chi connectivity index (χ2v) is 3.88. The molecular weight excluding hydrogens is 152 g/mol. The van der Waals surface area contributed by atoms with Gasteiger partial charge in [-0.05, 0) is 26.8 Å². The lowest BCUT2D eigenvalue weighted by Crippen LogP contribution is -2.18. The van der Waals surface area contributed by atoms with E-state index in [0.29, 0.717) is 6.61 Å². The van der Waals surface area contributed by atoms with E-state index in [-0.39, 0.29) is 5.60 Å². The van der Waals surface area contributed by atoms with Crippen LogP contribution in [0.15, 0.2) is 12.3 Å². The molecule has 0 bridgehead atoms. The van der Waals surface area contributed by atoms with Crippen molar-refractivity contribution in [2.75, 3.05) is 0 Å². The molecule has 1 rings (SSSR count). The van der Waals surface area contributed by atoms with Crippen molar-refractivity contribution in [3.8, 4) is 0 Å². The van der Waals surface area contributed by atoms with Gasteiger partial charge >= 0.3 is 0 Å². The van der Waals surface area contributed by atoms with E-state index in [4.69, 9.17) is 4.74 Å². The van der Waals surface area contributed by atoms with E-state index in [1.165, 1.54) is 0 Å². The summed E-state index contributed by atoms with van der Waals surface area (Å²) >= 11 is 0. The van der Waals surface area contributed by atoms with Crippen LogP contribution in [0.1, 0.15) is 26.5 Å². The van der Waals surface area contributed by atoms with Crippen molar-refractivity contribution in [3.63, 3.8) is 0 Å². The molecule has 0 aliphatic carbocycles. The predicted octanol–water partition coefficient (Wildman–Crippen LogP) is 1.74. The molecule has 3 nitrogen and oxygen atoms in total. The summed E-state index contributed by atoms with van der Waals surface area (Å²) < 4.78 is 7.33. The fraction of sp³-hybridized carbons (Fsp3) is 0.667. The molecule has 0 N–H and O–H groups in total. The summed E-state index contributed by atoms with van der Waals surface area (Å²) in [6.45, 7) is 6.70. The second-order valence-electron chi connectivity index (χ2n) is 3.88. The van der Waals surface area contributed by atoms with Crippen molar-refractivity contribution < 1.29 is 4.74 Å². The van der Waals surface area contributed by atoms with Crippen LogP contribution in [-0.2, 0) is 18.4 Å². The van der Waals surface area contributed by atoms with Crippen molar-refractivity contribution in [1.29, 1.82) is 0 Å². The molecule has 0 fully saturated rings. The summed E-state index contributed by atoms with van der Waals surface area (Å²) in [6.07, 6.45) is 1.92. The Morgan fingerprint density at radius 3 is 2.58 bits per heavy atom. The van der Waals surface area contributed by atoms with Gasteiger partial charge in [0.1, 0.15) is 0 Å². The molecule has 68 valence electrons. The Hall–Kier alpha value is -0.830. The molecule has 0 saturated carbocycles. The van der Waals surface area contributed by atoms with Crippen LogP contribution >= 0.6 is 0 Å². The Morgan fingerprint density at radius 2 is 2.17 bits per heavy atom. The van der Waals surface area contributed by atoms with E-state index in [2.05, 4.69) is 5.10 Å². The van der Waals surface area contributed by atoms with Crippen molar-refractivity contribution >= 4 is 0 Å². The second kappa shape index (κ2) is 3.27. The topological polar surface area (TPSA) is 27.1 Å². The molecule has 0 aromatic carbocycles. The molecule has 0 aliphatic heterocycles. The van der Waals surface area contributed by atoms with Crippen LogP contribution in [0.5, 0.6) is 0 Å². The Labute approximate surface area is 73.3 Å². The maximum Gasteiger partial charge on any atom is 0.0913 e. The maximum atomic E-state index is 5.55. The smallest absolute Gasteiger partial charge is 0.0913 e. The molecule has 0 spiro atoms. The van der Waals surface area contributed by atoms with E-state index in [1.54, 1.807) is 4.68 Å². The van der Waals surface area contributed by atoms with Crippen LogP contribution in [-0.4, -0.2) is 15.4 Å². The third-order valence-corrected chi connectivity index (χ3v) is 1.42. The maximum absolute atomic E-state index is 5.55. The van der Waals surface area contributed by atoms with Crippen LogP contribution in [0.25, 0.3) is 0 Å². The van der Waals surface area contributed by atoms with E-state index in [9.17, 15) is 0 Å². The minimum atomic E-state index is -0.0858. The van der Waals surface area contributed by atoms with Gasteiger partial charge in [0.15, 0.2) is 0 Å². The number of rotatable bonds is 2. The molecule has 0 radical (unpaired) electrons. The van der Waals surface area contributed by atoms with Gasteiger partial charge in [-0.25, -0.2) is 0 Å². The summed E-state index contributed by atoms with van der Waals surface area (Å²) in [5.41, 5.74) is 0.893. The molecule has 0 aliphatic rings. The fourth-order valence-corrected chi connectivity index (χ4v) is 0.831. The first-order valence-corrected chi connectivity index (χ1v) is 4.10. The number of aromatic nitrogens is 2. The molecule has 0 unspecified atom stereocenters. The van der Waals surface area contributed by atoms with Gasteiger partial charge < -0.3 is 4.74 Å². The van der Waals surface area contributed by atoms with Gasteiger partial charge in [-0.3, -0.25) is 4.68 Å². The summed E-state index contributed by atoms with van der Waals surface area (Å²) in [4.78, 5) is 0. The number of ether oxygens (including phenoxy) is 1. The van der Waals surface area contributed by atoms with Gasteiger partial charge in [0.05, 0.1) is 17.9 Å². The van der Waals surface area contributed by atoms with E-state index >= 15 is 0 Å². The lowest BCUT2D eigenvalue weighted by molar-refractivity contribution is -0.0166. The number of hydrogen-bond acceptors (Lipinski definition) is 2. The van der Waals surface area contributed by atoms with Crippen molar-refractivity contribution in [1.82, 2.24) is 9.78 Å². The first kappa shape index (κ1) is 9.26. The van der Waals surface area contributed by atoms with Gasteiger partial charge in [0, 0.05) is 13.2 Å². The molecule has 0 amide bonds. The van der Waals surface area contributed by atoms with Crippen LogP contribution in [0, 0.1) is 0 Å². The quantitative estimate of drug-likeness (QED) is 0.672. The summed E-state index contributed by atoms with van der Waals surface area (Å²) in [5.74, 6) is 0. The Bertz CT molecular complexity index is 247. The van der Waals surface area contributed by atoms with Crippen LogP contribution in [0.4, 0.5) is 0 Å². The molecular formula is C9H16N2O. The highest BCUT2D eigenvalue weighted by Crippen LogP contribution is 2.09. The highest BCUT2D eigenvalue weighted by Gasteiger charge is 2.10. The van der Waals surface area contributed by atoms with Crippen molar-refractivity contribution in [2.24, 2.45) is 7.05 Å². The zero-order chi connectivity index (χ0) is 9.19. The average Bonchev–Trinajstić information content (AvgIpc) is 2.30. The van der Waals surface area contributed by atoms with E-state index in [0.717, 1.165) is 5.69 Å². The van der Waals surface area contributed by atoms with Gasteiger partial charge in [-0.2, -0.15) is 5.10 Å². The number of hydrogen-bond donors (Lipinski definition) is 0. The first-order valence-electron chi connectivity index (χ1n) is 4.10. The Balaban J connectivity index is 2.44. The normalized spacial score (nSPS) is 12.0. The molecule has 3 heteroatoms. The zero-order valence-electron chi connectivity index (χ0n) is 8.16. The third kappa shape index (κ3) is 3.05. The lowest BCUT2D eigenvalue weighted by Gasteiger charge is -2.18. The largest absolute Gasteiger partial charge is 0.370 e. The minimum absolute atomic E-state index is 0.0858. The van der Waals surface area contributed by atoms with E-state index < -0.39 is 0 Å². The van der Waals surface area contributed by atoms with Gasteiger partial charge in [0.25, 0.3) is 0 Å². The third-order valence-electron chi connectivity index (χ3n) is 1.42. The Morgan fingerprint density at radius 1 is 1.50 bits per heavy atom. The van der Waals surface area contributed by atoms with Gasteiger partial charge in [-0.15, -0.1) is 0 Å². The van der Waals surface area contributed by atoms with Crippen LogP contribution < -0.4 is 0 Å². The molecule has 12 heavy (non-hydrogen) atoms. The predicted molar refractivity (Wildman–Crippen MR) is 47.8 cm³/mol. The monoisotopic (exact) mass is 168 g/mol. The van der Waals surface area contributed by atoms with Crippen molar-refractivity contribution in [2.45, 2.75) is 33.0 Å². The summed E-state index contributed by atoms with van der Waals surface area (Å²) in [6, 6.07) is 1.96. The van der Waals surface area contributed by atoms with Crippen LogP contribution in [0.3, 0.4) is 0 Å². The fourth-order valence-electron chi connectivity index (χ4n) is 0.831. The minimum Gasteiger partial charge on any atom is -0.370 e. The Kier molecular flexibility index (Phi) is 2.52. The molecule has 1 aromatic heterocycles. The first-order chi connectivity index (χ1) is 5.47. The zero-order valence-corrected chi connectivity index (χ0v) is 8.16. The molecule has 1 aromatic rings. The highest BCUT2D eigenvalue weighted by molar-refractivity contribution is 4.96. The van der Waals surface area contributed by atoms with Crippen molar-refractivity contribution in [3.05, 3.63) is 18.0 Å². The molecule has 0 saturated heterocycles. The molecule has 1 heterocycles. The van der Waals surface area contributed by atoms with Crippen LogP contribution in [0.2, 0.25) is 0 Å². The lowest BCUT2D eigenvalue weighted by atomic mass is 10.2. The summed E-state index contributed by atoms with van der Waals surface area (Å²) in [7, 11) is 1.90. The summed E-state index contributed by atoms with van der Waals surface area (Å²) in [5, 5.41) is 4.21. The van der Waals surface area contributed by atoms with Gasteiger partial charge in [-0.1, -0.05) is 0 Å². The van der Waals surface area contributed by atoms with E-state index in [1.807, 2.05) is 40.1 Å². The SMILES string of the molecule is Cn1ccc(COC(C)(C)C)n1. The van der Waals surface area contributed by atoms with Gasteiger partial charge in [0.2, 0.25) is 0 Å². The standard InChI is InChI=1S/C9H16N2O/c1-9(2,3)12-7-8-5-6-11(4)10-8/h5-6H,7H2,1-4H3. The molecule has 0 atom stereocenters.